The molecule has 0 bridgehead atoms. The fourth-order valence-electron chi connectivity index (χ4n) is 1.58. The van der Waals surface area contributed by atoms with Gasteiger partial charge >= 0.3 is 0 Å². The molecule has 0 saturated heterocycles. The van der Waals surface area contributed by atoms with Gasteiger partial charge in [0.05, 0.1) is 5.69 Å². The van der Waals surface area contributed by atoms with Crippen molar-refractivity contribution in [2.24, 2.45) is 0 Å². The van der Waals surface area contributed by atoms with E-state index in [0.717, 1.165) is 5.56 Å². The number of anilines is 1. The third kappa shape index (κ3) is 1.85. The van der Waals surface area contributed by atoms with E-state index in [4.69, 9.17) is 11.6 Å². The molecule has 0 atom stereocenters. The lowest BCUT2D eigenvalue weighted by Gasteiger charge is -2.19. The van der Waals surface area contributed by atoms with Crippen LogP contribution in [0.4, 0.5) is 10.1 Å². The van der Waals surface area contributed by atoms with Crippen molar-refractivity contribution in [1.29, 1.82) is 0 Å². The van der Waals surface area contributed by atoms with E-state index >= 15 is 0 Å². The van der Waals surface area contributed by atoms with Gasteiger partial charge in [0.1, 0.15) is 5.82 Å². The molecule has 3 heteroatoms. The second-order valence-electron chi connectivity index (χ2n) is 3.76. The maximum Gasteiger partial charge on any atom is 0.146 e. The first kappa shape index (κ1) is 9.78. The Kier molecular flexibility index (Phi) is 2.64. The Hall–Kier alpha value is -0.760. The fraction of sp³-hybridized carbons (Fsp3) is 0.455. The molecule has 1 aromatic rings. The van der Waals surface area contributed by atoms with E-state index in [2.05, 4.69) is 0 Å². The molecule has 1 aliphatic carbocycles. The molecule has 0 aromatic heterocycles. The lowest BCUT2D eigenvalue weighted by Crippen LogP contribution is -2.20. The molecule has 0 spiro atoms. The molecule has 2 rings (SSSR count). The van der Waals surface area contributed by atoms with Gasteiger partial charge in [0.15, 0.2) is 0 Å². The first-order valence-electron chi connectivity index (χ1n) is 4.79. The van der Waals surface area contributed by atoms with Gasteiger partial charge in [-0.2, -0.15) is 0 Å². The highest BCUT2D eigenvalue weighted by Gasteiger charge is 2.27. The predicted molar refractivity (Wildman–Crippen MR) is 57.4 cm³/mol. The van der Waals surface area contributed by atoms with Crippen molar-refractivity contribution in [3.63, 3.8) is 0 Å². The van der Waals surface area contributed by atoms with Crippen LogP contribution < -0.4 is 4.90 Å². The molecule has 0 aliphatic heterocycles. The summed E-state index contributed by atoms with van der Waals surface area (Å²) in [5.41, 5.74) is 1.51. The Labute approximate surface area is 88.5 Å². The number of hydrogen-bond donors (Lipinski definition) is 0. The quantitative estimate of drug-likeness (QED) is 0.698. The molecular weight excluding hydrogens is 201 g/mol. The largest absolute Gasteiger partial charge is 0.369 e. The SMILES string of the molecule is CN(c1ccc(CCl)cc1F)C1CC1. The lowest BCUT2D eigenvalue weighted by atomic mass is 10.2. The zero-order valence-corrected chi connectivity index (χ0v) is 8.89. The molecule has 14 heavy (non-hydrogen) atoms. The smallest absolute Gasteiger partial charge is 0.146 e. The molecule has 76 valence electrons. The summed E-state index contributed by atoms with van der Waals surface area (Å²) >= 11 is 5.63. The Morgan fingerprint density at radius 2 is 2.21 bits per heavy atom. The van der Waals surface area contributed by atoms with Crippen molar-refractivity contribution in [1.82, 2.24) is 0 Å². The average Bonchev–Trinajstić information content (AvgIpc) is 3.00. The molecule has 1 aliphatic rings. The third-order valence-corrected chi connectivity index (χ3v) is 2.95. The average molecular weight is 214 g/mol. The Balaban J connectivity index is 2.24. The summed E-state index contributed by atoms with van der Waals surface area (Å²) in [6.07, 6.45) is 2.35. The minimum atomic E-state index is -0.169. The van der Waals surface area contributed by atoms with Crippen molar-refractivity contribution < 1.29 is 4.39 Å². The van der Waals surface area contributed by atoms with Crippen molar-refractivity contribution in [3.05, 3.63) is 29.6 Å². The van der Waals surface area contributed by atoms with Crippen LogP contribution in [0.3, 0.4) is 0 Å². The zero-order valence-electron chi connectivity index (χ0n) is 8.13. The maximum atomic E-state index is 13.6. The molecule has 0 radical (unpaired) electrons. The standard InChI is InChI=1S/C11H13ClFN/c1-14(9-3-4-9)11-5-2-8(7-12)6-10(11)13/h2,5-6,9H,3-4,7H2,1H3. The monoisotopic (exact) mass is 213 g/mol. The number of alkyl halides is 1. The normalized spacial score (nSPS) is 15.6. The minimum absolute atomic E-state index is 0.169. The number of benzene rings is 1. The van der Waals surface area contributed by atoms with E-state index in [0.29, 0.717) is 17.6 Å². The van der Waals surface area contributed by atoms with Gasteiger partial charge in [-0.1, -0.05) is 6.07 Å². The summed E-state index contributed by atoms with van der Waals surface area (Å²) in [6, 6.07) is 5.74. The minimum Gasteiger partial charge on any atom is -0.369 e. The van der Waals surface area contributed by atoms with Crippen molar-refractivity contribution in [3.8, 4) is 0 Å². The molecule has 1 saturated carbocycles. The van der Waals surface area contributed by atoms with Crippen molar-refractivity contribution in [2.45, 2.75) is 24.8 Å². The van der Waals surface area contributed by atoms with Crippen LogP contribution in [0.1, 0.15) is 18.4 Å². The van der Waals surface area contributed by atoms with Gasteiger partial charge in [-0.3, -0.25) is 0 Å². The third-order valence-electron chi connectivity index (χ3n) is 2.64. The van der Waals surface area contributed by atoms with Crippen LogP contribution in [0.5, 0.6) is 0 Å². The summed E-state index contributed by atoms with van der Waals surface area (Å²) in [7, 11) is 1.94. The second-order valence-corrected chi connectivity index (χ2v) is 4.03. The van der Waals surface area contributed by atoms with Crippen LogP contribution in [0.15, 0.2) is 18.2 Å². The second kappa shape index (κ2) is 3.77. The van der Waals surface area contributed by atoms with Crippen LogP contribution in [-0.2, 0) is 5.88 Å². The Morgan fingerprint density at radius 1 is 1.50 bits per heavy atom. The summed E-state index contributed by atoms with van der Waals surface area (Å²) in [5, 5.41) is 0. The highest BCUT2D eigenvalue weighted by Crippen LogP contribution is 2.31. The number of nitrogens with zero attached hydrogens (tertiary/aromatic N) is 1. The molecule has 0 amide bonds. The number of rotatable bonds is 3. The molecule has 1 aromatic carbocycles. The van der Waals surface area contributed by atoms with Crippen LogP contribution >= 0.6 is 11.6 Å². The highest BCUT2D eigenvalue weighted by atomic mass is 35.5. The van der Waals surface area contributed by atoms with E-state index in [-0.39, 0.29) is 5.82 Å². The maximum absolute atomic E-state index is 13.6. The Bertz CT molecular complexity index is 336. The number of hydrogen-bond acceptors (Lipinski definition) is 1. The molecule has 0 heterocycles. The lowest BCUT2D eigenvalue weighted by molar-refractivity contribution is 0.620. The van der Waals surface area contributed by atoms with E-state index in [9.17, 15) is 4.39 Å². The van der Waals surface area contributed by atoms with Gasteiger partial charge in [-0.05, 0) is 30.5 Å². The molecule has 0 N–H and O–H groups in total. The van der Waals surface area contributed by atoms with E-state index in [1.165, 1.54) is 18.9 Å². The molecule has 1 nitrogen and oxygen atoms in total. The summed E-state index contributed by atoms with van der Waals surface area (Å²) in [5.74, 6) is 0.196. The highest BCUT2D eigenvalue weighted by molar-refractivity contribution is 6.17. The van der Waals surface area contributed by atoms with Gasteiger partial charge in [-0.25, -0.2) is 4.39 Å². The van der Waals surface area contributed by atoms with Crippen LogP contribution in [0, 0.1) is 5.82 Å². The molecule has 1 fully saturated rings. The van der Waals surface area contributed by atoms with Crippen LogP contribution in [-0.4, -0.2) is 13.1 Å². The predicted octanol–water partition coefficient (Wildman–Crippen LogP) is 3.16. The summed E-state index contributed by atoms with van der Waals surface area (Å²) in [4.78, 5) is 2.01. The van der Waals surface area contributed by atoms with Gasteiger partial charge < -0.3 is 4.90 Å². The van der Waals surface area contributed by atoms with Gasteiger partial charge in [-0.15, -0.1) is 11.6 Å². The Morgan fingerprint density at radius 3 is 2.71 bits per heavy atom. The van der Waals surface area contributed by atoms with Crippen LogP contribution in [0.2, 0.25) is 0 Å². The van der Waals surface area contributed by atoms with Crippen LogP contribution in [0.25, 0.3) is 0 Å². The molecule has 0 unspecified atom stereocenters. The van der Waals surface area contributed by atoms with E-state index in [1.807, 2.05) is 24.1 Å². The van der Waals surface area contributed by atoms with Gasteiger partial charge in [0.2, 0.25) is 0 Å². The summed E-state index contributed by atoms with van der Waals surface area (Å²) < 4.78 is 13.6. The fourth-order valence-corrected chi connectivity index (χ4v) is 1.74. The first-order valence-corrected chi connectivity index (χ1v) is 5.33. The van der Waals surface area contributed by atoms with Gasteiger partial charge in [0.25, 0.3) is 0 Å². The van der Waals surface area contributed by atoms with E-state index < -0.39 is 0 Å². The zero-order chi connectivity index (χ0) is 10.1. The van der Waals surface area contributed by atoms with Gasteiger partial charge in [0, 0.05) is 19.0 Å². The topological polar surface area (TPSA) is 3.24 Å². The summed E-state index contributed by atoms with van der Waals surface area (Å²) in [6.45, 7) is 0. The number of halogens is 2. The van der Waals surface area contributed by atoms with E-state index in [1.54, 1.807) is 0 Å². The first-order chi connectivity index (χ1) is 6.72. The van der Waals surface area contributed by atoms with Crippen molar-refractivity contribution in [2.75, 3.05) is 11.9 Å². The molecular formula is C11H13ClFN. The van der Waals surface area contributed by atoms with Crippen molar-refractivity contribution >= 4 is 17.3 Å².